The van der Waals surface area contributed by atoms with Gasteiger partial charge in [-0.2, -0.15) is 0 Å². The van der Waals surface area contributed by atoms with Crippen molar-refractivity contribution in [1.82, 2.24) is 4.90 Å². The molecule has 0 aromatic carbocycles. The molecule has 0 radical (unpaired) electrons. The molecule has 1 aromatic rings. The summed E-state index contributed by atoms with van der Waals surface area (Å²) >= 11 is 1.62. The lowest BCUT2D eigenvalue weighted by atomic mass is 10.2. The number of nitrogens with zero attached hydrogens (tertiary/aromatic N) is 2. The topological polar surface area (TPSA) is 23.6 Å². The van der Waals surface area contributed by atoms with E-state index in [-0.39, 0.29) is 11.9 Å². The third-order valence-electron chi connectivity index (χ3n) is 2.38. The molecule has 0 saturated heterocycles. The summed E-state index contributed by atoms with van der Waals surface area (Å²) in [6.45, 7) is 4.88. The SMILES string of the molecule is CCC(=O)N(c1cccs1)C(C)CN(C)C. The number of hydrogen-bond donors (Lipinski definition) is 0. The first-order valence-electron chi connectivity index (χ1n) is 5.56. The monoisotopic (exact) mass is 240 g/mol. The van der Waals surface area contributed by atoms with Crippen molar-refractivity contribution >= 4 is 22.2 Å². The average Bonchev–Trinajstić information content (AvgIpc) is 2.69. The third kappa shape index (κ3) is 3.32. The fourth-order valence-electron chi connectivity index (χ4n) is 1.77. The Bertz CT molecular complexity index is 322. The molecule has 0 bridgehead atoms. The number of thiophene rings is 1. The molecule has 16 heavy (non-hydrogen) atoms. The summed E-state index contributed by atoms with van der Waals surface area (Å²) in [6, 6.07) is 4.20. The summed E-state index contributed by atoms with van der Waals surface area (Å²) < 4.78 is 0. The number of hydrogen-bond acceptors (Lipinski definition) is 3. The zero-order valence-corrected chi connectivity index (χ0v) is 11.3. The first kappa shape index (κ1) is 13.2. The Morgan fingerprint density at radius 3 is 2.62 bits per heavy atom. The first-order valence-corrected chi connectivity index (χ1v) is 6.44. The molecule has 0 aliphatic carbocycles. The minimum absolute atomic E-state index is 0.191. The van der Waals surface area contributed by atoms with E-state index in [4.69, 9.17) is 0 Å². The van der Waals surface area contributed by atoms with E-state index < -0.39 is 0 Å². The fraction of sp³-hybridized carbons (Fsp3) is 0.583. The molecule has 1 amide bonds. The Morgan fingerprint density at radius 2 is 2.19 bits per heavy atom. The van der Waals surface area contributed by atoms with Gasteiger partial charge in [0.1, 0.15) is 0 Å². The fourth-order valence-corrected chi connectivity index (χ4v) is 2.62. The first-order chi connectivity index (χ1) is 7.56. The Balaban J connectivity index is 2.83. The summed E-state index contributed by atoms with van der Waals surface area (Å²) in [5, 5.41) is 3.05. The molecule has 1 atom stereocenters. The van der Waals surface area contributed by atoms with Crippen LogP contribution in [-0.2, 0) is 4.79 Å². The van der Waals surface area contributed by atoms with Crippen molar-refractivity contribution in [2.24, 2.45) is 0 Å². The zero-order chi connectivity index (χ0) is 12.1. The highest BCUT2D eigenvalue weighted by molar-refractivity contribution is 7.14. The Labute approximate surface area is 102 Å². The number of carbonyl (C=O) groups excluding carboxylic acids is 1. The maximum atomic E-state index is 11.9. The van der Waals surface area contributed by atoms with E-state index in [0.717, 1.165) is 11.5 Å². The summed E-state index contributed by atoms with van der Waals surface area (Å²) in [4.78, 5) is 16.0. The predicted octanol–water partition coefficient (Wildman–Crippen LogP) is 2.44. The lowest BCUT2D eigenvalue weighted by Crippen LogP contribution is -2.43. The van der Waals surface area contributed by atoms with E-state index in [2.05, 4.69) is 11.8 Å². The van der Waals surface area contributed by atoms with Gasteiger partial charge in [0.2, 0.25) is 5.91 Å². The maximum absolute atomic E-state index is 11.9. The van der Waals surface area contributed by atoms with Gasteiger partial charge in [-0.05, 0) is 38.5 Å². The molecule has 1 heterocycles. The number of amides is 1. The van der Waals surface area contributed by atoms with Crippen molar-refractivity contribution < 1.29 is 4.79 Å². The molecule has 0 N–H and O–H groups in total. The van der Waals surface area contributed by atoms with Crippen LogP contribution in [-0.4, -0.2) is 37.5 Å². The molecule has 0 aliphatic heterocycles. The molecular formula is C12H20N2OS. The molecule has 1 aromatic heterocycles. The van der Waals surface area contributed by atoms with Crippen LogP contribution in [0.5, 0.6) is 0 Å². The Morgan fingerprint density at radius 1 is 1.50 bits per heavy atom. The lowest BCUT2D eigenvalue weighted by Gasteiger charge is -2.29. The minimum atomic E-state index is 0.191. The smallest absolute Gasteiger partial charge is 0.227 e. The van der Waals surface area contributed by atoms with Crippen molar-refractivity contribution in [2.45, 2.75) is 26.3 Å². The largest absolute Gasteiger partial charge is 0.307 e. The minimum Gasteiger partial charge on any atom is -0.307 e. The van der Waals surface area contributed by atoms with Crippen LogP contribution in [0.4, 0.5) is 5.00 Å². The molecule has 4 heteroatoms. The van der Waals surface area contributed by atoms with Gasteiger partial charge in [-0.1, -0.05) is 6.92 Å². The molecule has 0 spiro atoms. The van der Waals surface area contributed by atoms with Gasteiger partial charge in [-0.15, -0.1) is 11.3 Å². The highest BCUT2D eigenvalue weighted by Gasteiger charge is 2.21. The van der Waals surface area contributed by atoms with Crippen LogP contribution in [0.25, 0.3) is 0 Å². The summed E-state index contributed by atoms with van der Waals surface area (Å²) in [7, 11) is 4.05. The van der Waals surface area contributed by atoms with Crippen LogP contribution < -0.4 is 4.90 Å². The van der Waals surface area contributed by atoms with Crippen LogP contribution >= 0.6 is 11.3 Å². The van der Waals surface area contributed by atoms with Crippen molar-refractivity contribution in [3.8, 4) is 0 Å². The van der Waals surface area contributed by atoms with Gasteiger partial charge in [0.25, 0.3) is 0 Å². The van der Waals surface area contributed by atoms with Gasteiger partial charge >= 0.3 is 0 Å². The second kappa shape index (κ2) is 6.01. The van der Waals surface area contributed by atoms with Crippen molar-refractivity contribution in [3.63, 3.8) is 0 Å². The van der Waals surface area contributed by atoms with Gasteiger partial charge in [0.05, 0.1) is 5.00 Å². The second-order valence-corrected chi connectivity index (χ2v) is 5.11. The standard InChI is InChI=1S/C12H20N2OS/c1-5-11(15)14(10(2)9-13(3)4)12-7-6-8-16-12/h6-8,10H,5,9H2,1-4H3. The van der Waals surface area contributed by atoms with Crippen LogP contribution in [0.1, 0.15) is 20.3 Å². The number of rotatable bonds is 5. The summed E-state index contributed by atoms with van der Waals surface area (Å²) in [5.74, 6) is 0.191. The van der Waals surface area contributed by atoms with Gasteiger partial charge in [-0.3, -0.25) is 9.69 Å². The van der Waals surface area contributed by atoms with Crippen molar-refractivity contribution in [2.75, 3.05) is 25.5 Å². The summed E-state index contributed by atoms with van der Waals surface area (Å²) in [6.07, 6.45) is 0.551. The number of carbonyl (C=O) groups is 1. The zero-order valence-electron chi connectivity index (χ0n) is 10.4. The van der Waals surface area contributed by atoms with Crippen LogP contribution in [0.15, 0.2) is 17.5 Å². The average molecular weight is 240 g/mol. The van der Waals surface area contributed by atoms with Gasteiger partial charge in [-0.25, -0.2) is 0 Å². The molecule has 90 valence electrons. The van der Waals surface area contributed by atoms with Gasteiger partial charge in [0, 0.05) is 19.0 Å². The third-order valence-corrected chi connectivity index (χ3v) is 3.25. The molecular weight excluding hydrogens is 220 g/mol. The number of likely N-dealkylation sites (N-methyl/N-ethyl adjacent to an activating group) is 1. The highest BCUT2D eigenvalue weighted by atomic mass is 32.1. The Kier molecular flexibility index (Phi) is 4.96. The van der Waals surface area contributed by atoms with Crippen molar-refractivity contribution in [1.29, 1.82) is 0 Å². The molecule has 0 aliphatic rings. The van der Waals surface area contributed by atoms with Crippen LogP contribution in [0.3, 0.4) is 0 Å². The predicted molar refractivity (Wildman–Crippen MR) is 70.1 cm³/mol. The van der Waals surface area contributed by atoms with Crippen LogP contribution in [0.2, 0.25) is 0 Å². The molecule has 1 rings (SSSR count). The molecule has 1 unspecified atom stereocenters. The molecule has 0 saturated carbocycles. The van der Waals surface area contributed by atoms with Gasteiger partial charge in [0.15, 0.2) is 0 Å². The Hall–Kier alpha value is -0.870. The van der Waals surface area contributed by atoms with E-state index in [9.17, 15) is 4.79 Å². The molecule has 0 fully saturated rings. The summed E-state index contributed by atoms with van der Waals surface area (Å²) in [5.41, 5.74) is 0. The maximum Gasteiger partial charge on any atom is 0.227 e. The molecule has 3 nitrogen and oxygen atoms in total. The van der Waals surface area contributed by atoms with E-state index >= 15 is 0 Å². The number of anilines is 1. The quantitative estimate of drug-likeness (QED) is 0.789. The van der Waals surface area contributed by atoms with Crippen LogP contribution in [0, 0.1) is 0 Å². The normalized spacial score (nSPS) is 12.8. The van der Waals surface area contributed by atoms with Gasteiger partial charge < -0.3 is 4.90 Å². The van der Waals surface area contributed by atoms with E-state index in [0.29, 0.717) is 6.42 Å². The van der Waals surface area contributed by atoms with E-state index in [1.165, 1.54) is 0 Å². The van der Waals surface area contributed by atoms with Crippen molar-refractivity contribution in [3.05, 3.63) is 17.5 Å². The highest BCUT2D eigenvalue weighted by Crippen LogP contribution is 2.24. The second-order valence-electron chi connectivity index (χ2n) is 4.18. The van der Waals surface area contributed by atoms with E-state index in [1.54, 1.807) is 11.3 Å². The lowest BCUT2D eigenvalue weighted by molar-refractivity contribution is -0.118. The van der Waals surface area contributed by atoms with E-state index in [1.807, 2.05) is 43.4 Å².